The van der Waals surface area contributed by atoms with Crippen molar-refractivity contribution in [2.75, 3.05) is 33.0 Å². The van der Waals surface area contributed by atoms with E-state index in [-0.39, 0.29) is 11.7 Å². The molecule has 2 atom stereocenters. The summed E-state index contributed by atoms with van der Waals surface area (Å²) in [7, 11) is 0. The monoisotopic (exact) mass is 329 g/mol. The number of Topliss-reactive ketones (excluding diaryl/α,β-unsaturated/α-hetero) is 1. The van der Waals surface area contributed by atoms with Crippen molar-refractivity contribution in [3.05, 3.63) is 0 Å². The summed E-state index contributed by atoms with van der Waals surface area (Å²) in [5, 5.41) is 2.89. The zero-order chi connectivity index (χ0) is 17.9. The molecule has 0 saturated carbocycles. The summed E-state index contributed by atoms with van der Waals surface area (Å²) < 4.78 is 11.0. The summed E-state index contributed by atoms with van der Waals surface area (Å²) in [6.45, 7) is 13.9. The van der Waals surface area contributed by atoms with E-state index < -0.39 is 10.8 Å². The number of nitrogens with one attached hydrogen (secondary N) is 1. The Hall–Kier alpha value is -0.940. The molecule has 0 aromatic carbocycles. The molecule has 23 heavy (non-hydrogen) atoms. The Morgan fingerprint density at radius 2 is 1.48 bits per heavy atom. The normalized spacial score (nSPS) is 16.4. The number of carbonyl (C=O) groups is 2. The fourth-order valence-corrected chi connectivity index (χ4v) is 2.23. The van der Waals surface area contributed by atoms with E-state index in [9.17, 15) is 9.59 Å². The van der Waals surface area contributed by atoms with Gasteiger partial charge in [0.05, 0.1) is 25.2 Å². The number of ketones is 1. The van der Waals surface area contributed by atoms with Gasteiger partial charge in [0.25, 0.3) is 0 Å². The van der Waals surface area contributed by atoms with Crippen LogP contribution in [0.2, 0.25) is 0 Å². The molecule has 0 heterocycles. The molecule has 5 nitrogen and oxygen atoms in total. The van der Waals surface area contributed by atoms with Crippen LogP contribution in [-0.4, -0.2) is 44.7 Å². The molecule has 0 radical (unpaired) electrons. The highest BCUT2D eigenvalue weighted by atomic mass is 16.5. The number of amides is 1. The van der Waals surface area contributed by atoms with Gasteiger partial charge in [-0.15, -0.1) is 0 Å². The van der Waals surface area contributed by atoms with Crippen molar-refractivity contribution in [3.63, 3.8) is 0 Å². The maximum absolute atomic E-state index is 12.4. The lowest BCUT2D eigenvalue weighted by molar-refractivity contribution is -0.138. The van der Waals surface area contributed by atoms with Gasteiger partial charge in [-0.1, -0.05) is 27.7 Å². The van der Waals surface area contributed by atoms with E-state index in [1.54, 1.807) is 0 Å². The Bertz CT molecular complexity index is 372. The lowest BCUT2D eigenvalue weighted by Gasteiger charge is -2.31. The predicted octanol–water partition coefficient (Wildman–Crippen LogP) is 2.97. The molecule has 0 bridgehead atoms. The molecule has 136 valence electrons. The van der Waals surface area contributed by atoms with Crippen molar-refractivity contribution in [2.45, 2.75) is 60.8 Å². The van der Waals surface area contributed by atoms with Crippen LogP contribution in [0.1, 0.15) is 60.8 Å². The van der Waals surface area contributed by atoms with Crippen molar-refractivity contribution >= 4 is 11.7 Å². The highest BCUT2D eigenvalue weighted by molar-refractivity contribution is 5.84. The second-order valence-corrected chi connectivity index (χ2v) is 6.55. The molecule has 1 N–H and O–H groups in total. The highest BCUT2D eigenvalue weighted by Crippen LogP contribution is 2.27. The van der Waals surface area contributed by atoms with E-state index in [1.165, 1.54) is 0 Å². The standard InChI is InChI=1S/C18H35NO4/c1-7-15(20)17(5,8-2)13-23-14-18(6,9-3)16(21)19-11-12-22-10-4/h7-14H2,1-6H3,(H,19,21). The fourth-order valence-electron chi connectivity index (χ4n) is 2.23. The summed E-state index contributed by atoms with van der Waals surface area (Å²) in [5.74, 6) is 0.180. The van der Waals surface area contributed by atoms with Crippen molar-refractivity contribution in [1.82, 2.24) is 5.32 Å². The summed E-state index contributed by atoms with van der Waals surface area (Å²) >= 11 is 0. The van der Waals surface area contributed by atoms with Crippen LogP contribution in [0.25, 0.3) is 0 Å². The highest BCUT2D eigenvalue weighted by Gasteiger charge is 2.34. The second kappa shape index (κ2) is 10.8. The quantitative estimate of drug-likeness (QED) is 0.528. The zero-order valence-electron chi connectivity index (χ0n) is 15.8. The molecule has 0 aliphatic rings. The third-order valence-corrected chi connectivity index (χ3v) is 4.68. The average Bonchev–Trinajstić information content (AvgIpc) is 2.57. The van der Waals surface area contributed by atoms with Crippen LogP contribution in [0.5, 0.6) is 0 Å². The minimum absolute atomic E-state index is 0.0280. The summed E-state index contributed by atoms with van der Waals surface area (Å²) in [5.41, 5.74) is -1.05. The Labute approximate surface area is 141 Å². The summed E-state index contributed by atoms with van der Waals surface area (Å²) in [6, 6.07) is 0. The van der Waals surface area contributed by atoms with Gasteiger partial charge in [-0.25, -0.2) is 0 Å². The number of carbonyl (C=O) groups excluding carboxylic acids is 2. The predicted molar refractivity (Wildman–Crippen MR) is 92.4 cm³/mol. The summed E-state index contributed by atoms with van der Waals surface area (Å²) in [4.78, 5) is 24.4. The third kappa shape index (κ3) is 7.00. The van der Waals surface area contributed by atoms with Gasteiger partial charge in [-0.3, -0.25) is 9.59 Å². The molecule has 0 aromatic heterocycles. The van der Waals surface area contributed by atoms with Gasteiger partial charge in [-0.05, 0) is 26.7 Å². The molecule has 1 amide bonds. The number of ether oxygens (including phenoxy) is 2. The first kappa shape index (κ1) is 22.1. The average molecular weight is 329 g/mol. The maximum atomic E-state index is 12.4. The van der Waals surface area contributed by atoms with Crippen LogP contribution >= 0.6 is 0 Å². The van der Waals surface area contributed by atoms with Crippen molar-refractivity contribution in [2.24, 2.45) is 10.8 Å². The van der Waals surface area contributed by atoms with Crippen molar-refractivity contribution < 1.29 is 19.1 Å². The van der Waals surface area contributed by atoms with Gasteiger partial charge in [0.15, 0.2) is 0 Å². The maximum Gasteiger partial charge on any atom is 0.228 e. The molecule has 2 unspecified atom stereocenters. The first-order valence-electron chi connectivity index (χ1n) is 8.76. The van der Waals surface area contributed by atoms with Crippen molar-refractivity contribution in [1.29, 1.82) is 0 Å². The molecule has 0 spiro atoms. The zero-order valence-corrected chi connectivity index (χ0v) is 15.8. The molecule has 5 heteroatoms. The van der Waals surface area contributed by atoms with E-state index in [2.05, 4.69) is 5.32 Å². The van der Waals surface area contributed by atoms with Gasteiger partial charge < -0.3 is 14.8 Å². The van der Waals surface area contributed by atoms with Crippen LogP contribution in [0, 0.1) is 10.8 Å². The van der Waals surface area contributed by atoms with Crippen LogP contribution in [-0.2, 0) is 19.1 Å². The third-order valence-electron chi connectivity index (χ3n) is 4.68. The SMILES string of the molecule is CCOCCNC(=O)C(C)(CC)COCC(C)(CC)C(=O)CC. The molecule has 0 aliphatic carbocycles. The first-order valence-corrected chi connectivity index (χ1v) is 8.76. The van der Waals surface area contributed by atoms with Gasteiger partial charge in [0.2, 0.25) is 5.91 Å². The lowest BCUT2D eigenvalue weighted by atomic mass is 9.82. The Morgan fingerprint density at radius 1 is 0.913 bits per heavy atom. The largest absolute Gasteiger partial charge is 0.380 e. The molecule has 0 rings (SSSR count). The minimum atomic E-state index is -0.587. The number of hydrogen-bond donors (Lipinski definition) is 1. The van der Waals surface area contributed by atoms with Crippen LogP contribution in [0.15, 0.2) is 0 Å². The topological polar surface area (TPSA) is 64.6 Å². The van der Waals surface area contributed by atoms with Crippen LogP contribution < -0.4 is 5.32 Å². The minimum Gasteiger partial charge on any atom is -0.380 e. The number of hydrogen-bond acceptors (Lipinski definition) is 4. The molecular formula is C18H35NO4. The van der Waals surface area contributed by atoms with Crippen LogP contribution in [0.3, 0.4) is 0 Å². The first-order chi connectivity index (χ1) is 10.8. The van der Waals surface area contributed by atoms with Crippen LogP contribution in [0.4, 0.5) is 0 Å². The lowest BCUT2D eigenvalue weighted by Crippen LogP contribution is -2.44. The molecule has 0 aliphatic heterocycles. The molecule has 0 fully saturated rings. The summed E-state index contributed by atoms with van der Waals surface area (Å²) in [6.07, 6.45) is 1.93. The Morgan fingerprint density at radius 3 is 1.96 bits per heavy atom. The van der Waals surface area contributed by atoms with Gasteiger partial charge in [0, 0.05) is 25.0 Å². The van der Waals surface area contributed by atoms with E-state index >= 15 is 0 Å². The number of rotatable bonds is 13. The van der Waals surface area contributed by atoms with E-state index in [4.69, 9.17) is 9.47 Å². The van der Waals surface area contributed by atoms with E-state index in [1.807, 2.05) is 41.5 Å². The fraction of sp³-hybridized carbons (Fsp3) is 0.889. The molecule has 0 saturated heterocycles. The van der Waals surface area contributed by atoms with E-state index in [0.29, 0.717) is 45.8 Å². The van der Waals surface area contributed by atoms with E-state index in [0.717, 1.165) is 6.42 Å². The van der Waals surface area contributed by atoms with Crippen molar-refractivity contribution in [3.8, 4) is 0 Å². The molecule has 0 aromatic rings. The van der Waals surface area contributed by atoms with Gasteiger partial charge in [-0.2, -0.15) is 0 Å². The Balaban J connectivity index is 4.50. The van der Waals surface area contributed by atoms with Gasteiger partial charge in [0.1, 0.15) is 5.78 Å². The Kier molecular flexibility index (Phi) is 10.3. The smallest absolute Gasteiger partial charge is 0.228 e. The second-order valence-electron chi connectivity index (χ2n) is 6.55. The van der Waals surface area contributed by atoms with Gasteiger partial charge >= 0.3 is 0 Å². The molecular weight excluding hydrogens is 294 g/mol.